The Balaban J connectivity index is 4.36. The van der Waals surface area contributed by atoms with Gasteiger partial charge in [-0.3, -0.25) is 14.4 Å². The third kappa shape index (κ3) is 66.4. The van der Waals surface area contributed by atoms with Crippen molar-refractivity contribution < 1.29 is 28.6 Å². The normalized spacial score (nSPS) is 13.0. The van der Waals surface area contributed by atoms with Crippen molar-refractivity contribution in [1.82, 2.24) is 0 Å². The van der Waals surface area contributed by atoms with Crippen LogP contribution in [0.1, 0.15) is 310 Å². The molecule has 1 atom stereocenters. The smallest absolute Gasteiger partial charge is 0.306 e. The monoisotopic (exact) mass is 1130 g/mol. The van der Waals surface area contributed by atoms with Crippen LogP contribution in [-0.2, 0) is 28.6 Å². The fourth-order valence-corrected chi connectivity index (χ4v) is 9.30. The number of unbranched alkanes of at least 4 members (excludes halogenated alkanes) is 28. The first kappa shape index (κ1) is 77.5. The second-order valence-electron chi connectivity index (χ2n) is 22.3. The standard InChI is InChI=1S/C76H126O6/c1-4-7-10-13-16-19-22-25-28-30-32-34-36-38-40-42-44-46-48-51-54-57-60-63-66-69-75(78)81-72-73(71-80-74(77)68-65-62-59-56-53-50-27-24-21-18-15-12-9-6-3)82-76(79)70-67-64-61-58-55-52-49-47-45-43-41-39-37-35-33-31-29-26-23-20-17-14-11-8-5-2/h7-8,10-11,15-20,24-29,32-35,38,40,73H,4-6,9,12-14,21-23,30-31,36-37,39,41-72H2,1-3H3/b10-7-,11-8-,18-15-,19-16-,20-17-,27-24-,28-25-,29-26-,34-32-,35-33-,40-38-. The van der Waals surface area contributed by atoms with Gasteiger partial charge in [0.25, 0.3) is 0 Å². The van der Waals surface area contributed by atoms with Crippen LogP contribution in [0.5, 0.6) is 0 Å². The summed E-state index contributed by atoms with van der Waals surface area (Å²) in [6.45, 7) is 6.38. The Bertz CT molecular complexity index is 1730. The molecular formula is C76H126O6. The molecule has 6 nitrogen and oxygen atoms in total. The number of hydrogen-bond acceptors (Lipinski definition) is 6. The molecule has 0 aromatic carbocycles. The van der Waals surface area contributed by atoms with Crippen molar-refractivity contribution in [3.05, 3.63) is 134 Å². The number of allylic oxidation sites excluding steroid dienone is 22. The fourth-order valence-electron chi connectivity index (χ4n) is 9.30. The van der Waals surface area contributed by atoms with Gasteiger partial charge in [-0.05, 0) is 128 Å². The molecule has 0 spiro atoms. The van der Waals surface area contributed by atoms with Crippen molar-refractivity contribution >= 4 is 17.9 Å². The van der Waals surface area contributed by atoms with E-state index in [-0.39, 0.29) is 31.1 Å². The number of ether oxygens (including phenoxy) is 3. The molecule has 0 saturated carbocycles. The van der Waals surface area contributed by atoms with Crippen LogP contribution >= 0.6 is 0 Å². The zero-order valence-electron chi connectivity index (χ0n) is 53.5. The summed E-state index contributed by atoms with van der Waals surface area (Å²) in [5.74, 6) is -0.903. The van der Waals surface area contributed by atoms with E-state index in [1.54, 1.807) is 0 Å². The van der Waals surface area contributed by atoms with Crippen LogP contribution in [0.25, 0.3) is 0 Å². The SMILES string of the molecule is CC/C=C\C/C=C\C/C=C\C/C=C\C/C=C\CCCCCCCCCCCC(=O)OCC(COC(=O)CCCCCCC/C=C\C/C=C\CCCC)OC(=O)CCCCCCCCCCCCCC/C=C\C/C=C\C/C=C\C/C=C\CC. The minimum atomic E-state index is -0.794. The van der Waals surface area contributed by atoms with Gasteiger partial charge in [-0.25, -0.2) is 0 Å². The first-order valence-electron chi connectivity index (χ1n) is 34.2. The lowest BCUT2D eigenvalue weighted by Gasteiger charge is -2.18. The van der Waals surface area contributed by atoms with E-state index < -0.39 is 6.10 Å². The van der Waals surface area contributed by atoms with Gasteiger partial charge in [-0.2, -0.15) is 0 Å². The molecule has 0 radical (unpaired) electrons. The highest BCUT2D eigenvalue weighted by Gasteiger charge is 2.19. The van der Waals surface area contributed by atoms with E-state index in [1.807, 2.05) is 0 Å². The van der Waals surface area contributed by atoms with Crippen LogP contribution in [-0.4, -0.2) is 37.2 Å². The summed E-state index contributed by atoms with van der Waals surface area (Å²) in [5.41, 5.74) is 0. The second kappa shape index (κ2) is 69.0. The lowest BCUT2D eigenvalue weighted by molar-refractivity contribution is -0.167. The minimum absolute atomic E-state index is 0.0887. The average Bonchev–Trinajstić information content (AvgIpc) is 3.47. The molecule has 0 aliphatic heterocycles. The molecule has 0 aromatic heterocycles. The third-order valence-electron chi connectivity index (χ3n) is 14.4. The van der Waals surface area contributed by atoms with Crippen LogP contribution in [0.15, 0.2) is 134 Å². The summed E-state index contributed by atoms with van der Waals surface area (Å²) in [4.78, 5) is 38.4. The molecule has 0 bridgehead atoms. The molecule has 0 rings (SSSR count). The van der Waals surface area contributed by atoms with Crippen LogP contribution in [0, 0.1) is 0 Å². The highest BCUT2D eigenvalue weighted by Crippen LogP contribution is 2.16. The molecule has 0 aliphatic carbocycles. The first-order valence-corrected chi connectivity index (χ1v) is 34.2. The molecule has 0 amide bonds. The Hall–Kier alpha value is -4.45. The molecule has 0 aliphatic rings. The number of rotatable bonds is 61. The van der Waals surface area contributed by atoms with Crippen molar-refractivity contribution in [2.75, 3.05) is 13.2 Å². The molecule has 0 N–H and O–H groups in total. The summed E-state index contributed by atoms with van der Waals surface area (Å²) in [6, 6.07) is 0. The summed E-state index contributed by atoms with van der Waals surface area (Å²) < 4.78 is 17.0. The Morgan fingerprint density at radius 1 is 0.256 bits per heavy atom. The summed E-state index contributed by atoms with van der Waals surface area (Å²) >= 11 is 0. The van der Waals surface area contributed by atoms with E-state index >= 15 is 0 Å². The Morgan fingerprint density at radius 3 is 0.744 bits per heavy atom. The van der Waals surface area contributed by atoms with E-state index in [1.165, 1.54) is 122 Å². The quantitative estimate of drug-likeness (QED) is 0.0261. The van der Waals surface area contributed by atoms with Crippen LogP contribution < -0.4 is 0 Å². The van der Waals surface area contributed by atoms with E-state index in [0.717, 1.165) is 148 Å². The lowest BCUT2D eigenvalue weighted by atomic mass is 10.0. The van der Waals surface area contributed by atoms with E-state index in [2.05, 4.69) is 154 Å². The molecule has 0 fully saturated rings. The number of carbonyl (C=O) groups excluding carboxylic acids is 3. The van der Waals surface area contributed by atoms with Gasteiger partial charge in [0.2, 0.25) is 0 Å². The van der Waals surface area contributed by atoms with Crippen molar-refractivity contribution in [3.63, 3.8) is 0 Å². The van der Waals surface area contributed by atoms with Gasteiger partial charge in [0.15, 0.2) is 6.10 Å². The van der Waals surface area contributed by atoms with Crippen LogP contribution in [0.4, 0.5) is 0 Å². The second-order valence-corrected chi connectivity index (χ2v) is 22.3. The maximum atomic E-state index is 13.0. The van der Waals surface area contributed by atoms with E-state index in [4.69, 9.17) is 14.2 Å². The topological polar surface area (TPSA) is 78.9 Å². The van der Waals surface area contributed by atoms with Gasteiger partial charge < -0.3 is 14.2 Å². The van der Waals surface area contributed by atoms with Crippen molar-refractivity contribution in [3.8, 4) is 0 Å². The van der Waals surface area contributed by atoms with Gasteiger partial charge in [0, 0.05) is 19.3 Å². The molecule has 82 heavy (non-hydrogen) atoms. The predicted molar refractivity (Wildman–Crippen MR) is 357 cm³/mol. The Labute approximate surface area is 506 Å². The van der Waals surface area contributed by atoms with Gasteiger partial charge in [-0.15, -0.1) is 0 Å². The third-order valence-corrected chi connectivity index (χ3v) is 14.4. The molecule has 0 saturated heterocycles. The van der Waals surface area contributed by atoms with Gasteiger partial charge in [0.05, 0.1) is 0 Å². The summed E-state index contributed by atoms with van der Waals surface area (Å²) in [5, 5.41) is 0. The molecular weight excluding hydrogens is 1010 g/mol. The van der Waals surface area contributed by atoms with E-state index in [0.29, 0.717) is 19.3 Å². The molecule has 0 heterocycles. The summed E-state index contributed by atoms with van der Waals surface area (Å²) in [7, 11) is 0. The summed E-state index contributed by atoms with van der Waals surface area (Å²) in [6.07, 6.45) is 97.5. The van der Waals surface area contributed by atoms with Gasteiger partial charge in [-0.1, -0.05) is 296 Å². The van der Waals surface area contributed by atoms with Gasteiger partial charge >= 0.3 is 17.9 Å². The average molecular weight is 1140 g/mol. The molecule has 466 valence electrons. The van der Waals surface area contributed by atoms with Crippen LogP contribution in [0.2, 0.25) is 0 Å². The first-order chi connectivity index (χ1) is 40.5. The molecule has 1 unspecified atom stereocenters. The molecule has 0 aromatic rings. The molecule has 6 heteroatoms. The van der Waals surface area contributed by atoms with Crippen LogP contribution in [0.3, 0.4) is 0 Å². The zero-order chi connectivity index (χ0) is 59.2. The number of hydrogen-bond donors (Lipinski definition) is 0. The largest absolute Gasteiger partial charge is 0.462 e. The Morgan fingerprint density at radius 2 is 0.476 bits per heavy atom. The highest BCUT2D eigenvalue weighted by atomic mass is 16.6. The van der Waals surface area contributed by atoms with Crippen molar-refractivity contribution in [2.24, 2.45) is 0 Å². The van der Waals surface area contributed by atoms with Gasteiger partial charge in [0.1, 0.15) is 13.2 Å². The Kier molecular flexibility index (Phi) is 65.3. The maximum absolute atomic E-state index is 13.0. The zero-order valence-corrected chi connectivity index (χ0v) is 53.5. The minimum Gasteiger partial charge on any atom is -0.462 e. The fraction of sp³-hybridized carbons (Fsp3) is 0.671. The maximum Gasteiger partial charge on any atom is 0.306 e. The van der Waals surface area contributed by atoms with Crippen molar-refractivity contribution in [1.29, 1.82) is 0 Å². The van der Waals surface area contributed by atoms with E-state index in [9.17, 15) is 14.4 Å². The highest BCUT2D eigenvalue weighted by molar-refractivity contribution is 5.71. The van der Waals surface area contributed by atoms with Crippen molar-refractivity contribution in [2.45, 2.75) is 316 Å². The number of carbonyl (C=O) groups is 3. The number of esters is 3. The predicted octanol–water partition coefficient (Wildman–Crippen LogP) is 23.7. The lowest BCUT2D eigenvalue weighted by Crippen LogP contribution is -2.30.